The van der Waals surface area contributed by atoms with Crippen LogP contribution >= 0.6 is 0 Å². The van der Waals surface area contributed by atoms with Gasteiger partial charge in [-0.15, -0.1) is 0 Å². The Hall–Kier alpha value is -3.15. The van der Waals surface area contributed by atoms with Crippen molar-refractivity contribution in [3.8, 4) is 0 Å². The first-order valence-electron chi connectivity index (χ1n) is 10.3. The normalized spacial score (nSPS) is 18.3. The Balaban J connectivity index is 1.61. The van der Waals surface area contributed by atoms with Crippen LogP contribution in [0.25, 0.3) is 0 Å². The summed E-state index contributed by atoms with van der Waals surface area (Å²) >= 11 is 0. The molecule has 0 radical (unpaired) electrons. The maximum Gasteiger partial charge on any atom is 0.339 e. The zero-order valence-corrected chi connectivity index (χ0v) is 17.5. The number of esters is 1. The monoisotopic (exact) mass is 408 g/mol. The van der Waals surface area contributed by atoms with Crippen molar-refractivity contribution in [3.05, 3.63) is 65.7 Å². The van der Waals surface area contributed by atoms with Crippen LogP contribution in [0.1, 0.15) is 53.3 Å². The molecule has 1 N–H and O–H groups in total. The van der Waals surface area contributed by atoms with Gasteiger partial charge in [-0.1, -0.05) is 37.3 Å². The van der Waals surface area contributed by atoms with Crippen molar-refractivity contribution < 1.29 is 19.1 Å². The van der Waals surface area contributed by atoms with E-state index < -0.39 is 5.97 Å². The van der Waals surface area contributed by atoms with E-state index in [2.05, 4.69) is 12.2 Å². The third kappa shape index (κ3) is 5.47. The number of hydrogen-bond acceptors (Lipinski definition) is 4. The highest BCUT2D eigenvalue weighted by Gasteiger charge is 2.23. The smallest absolute Gasteiger partial charge is 0.339 e. The minimum atomic E-state index is -0.687. The summed E-state index contributed by atoms with van der Waals surface area (Å²) in [7, 11) is 1.65. The number of rotatable bonds is 6. The average molecular weight is 408 g/mol. The molecule has 6 nitrogen and oxygen atoms in total. The Morgan fingerprint density at radius 1 is 0.933 bits per heavy atom. The first-order valence-corrected chi connectivity index (χ1v) is 10.3. The first-order chi connectivity index (χ1) is 14.5. The van der Waals surface area contributed by atoms with Gasteiger partial charge >= 0.3 is 5.97 Å². The van der Waals surface area contributed by atoms with E-state index in [1.54, 1.807) is 25.2 Å². The molecule has 1 fully saturated rings. The Kier molecular flexibility index (Phi) is 7.22. The number of hydrogen-bond donors (Lipinski definition) is 1. The molecule has 0 heterocycles. The maximum atomic E-state index is 12.9. The number of benzene rings is 2. The number of nitrogens with one attached hydrogen (secondary N) is 1. The molecule has 0 unspecified atom stereocenters. The Morgan fingerprint density at radius 2 is 1.53 bits per heavy atom. The fraction of sp³-hybridized carbons (Fsp3) is 0.375. The molecule has 1 saturated carbocycles. The molecule has 0 aliphatic heterocycles. The maximum absolute atomic E-state index is 12.9. The molecule has 30 heavy (non-hydrogen) atoms. The standard InChI is InChI=1S/C24H28N2O4/c1-17-12-14-18(15-13-17)25-22(27)16-30-24(29)21-11-7-6-10-20(21)23(28)26(2)19-8-4-3-5-9-19/h3-11,17-18H,12-16H2,1-2H3,(H,25,27). The highest BCUT2D eigenvalue weighted by Crippen LogP contribution is 2.23. The van der Waals surface area contributed by atoms with Crippen LogP contribution in [0.4, 0.5) is 5.69 Å². The fourth-order valence-electron chi connectivity index (χ4n) is 3.68. The van der Waals surface area contributed by atoms with Crippen molar-refractivity contribution in [2.75, 3.05) is 18.6 Å². The Bertz CT molecular complexity index is 889. The van der Waals surface area contributed by atoms with E-state index in [0.29, 0.717) is 11.6 Å². The van der Waals surface area contributed by atoms with E-state index in [1.165, 1.54) is 11.0 Å². The van der Waals surface area contributed by atoms with Crippen molar-refractivity contribution in [1.82, 2.24) is 5.32 Å². The molecule has 1 aliphatic rings. The molecule has 3 rings (SSSR count). The van der Waals surface area contributed by atoms with Gasteiger partial charge in [0, 0.05) is 18.8 Å². The number of carbonyl (C=O) groups excluding carboxylic acids is 3. The van der Waals surface area contributed by atoms with Gasteiger partial charge in [0.05, 0.1) is 11.1 Å². The van der Waals surface area contributed by atoms with Crippen molar-refractivity contribution in [3.63, 3.8) is 0 Å². The lowest BCUT2D eigenvalue weighted by atomic mass is 9.87. The number of carbonyl (C=O) groups is 3. The molecule has 0 bridgehead atoms. The SMILES string of the molecule is CC1CCC(NC(=O)COC(=O)c2ccccc2C(=O)N(C)c2ccccc2)CC1. The molecule has 6 heteroatoms. The number of anilines is 1. The third-order valence-corrected chi connectivity index (χ3v) is 5.54. The van der Waals surface area contributed by atoms with Gasteiger partial charge in [0.25, 0.3) is 11.8 Å². The second-order valence-electron chi connectivity index (χ2n) is 7.85. The molecular weight excluding hydrogens is 380 g/mol. The van der Waals surface area contributed by atoms with Gasteiger partial charge in [0.2, 0.25) is 0 Å². The number of para-hydroxylation sites is 1. The van der Waals surface area contributed by atoms with Gasteiger partial charge < -0.3 is 15.0 Å². The number of ether oxygens (including phenoxy) is 1. The predicted octanol–water partition coefficient (Wildman–Crippen LogP) is 3.81. The summed E-state index contributed by atoms with van der Waals surface area (Å²) in [6.07, 6.45) is 4.08. The summed E-state index contributed by atoms with van der Waals surface area (Å²) in [6, 6.07) is 15.8. The van der Waals surface area contributed by atoms with Crippen molar-refractivity contribution in [2.24, 2.45) is 5.92 Å². The Labute approximate surface area is 177 Å². The first kappa shape index (κ1) is 21.6. The quantitative estimate of drug-likeness (QED) is 0.738. The Morgan fingerprint density at radius 3 is 2.20 bits per heavy atom. The molecule has 0 saturated heterocycles. The van der Waals surface area contributed by atoms with Crippen LogP contribution in [0.3, 0.4) is 0 Å². The van der Waals surface area contributed by atoms with E-state index in [9.17, 15) is 14.4 Å². The summed E-state index contributed by atoms with van der Waals surface area (Å²) in [5.41, 5.74) is 1.09. The zero-order chi connectivity index (χ0) is 21.5. The lowest BCUT2D eigenvalue weighted by molar-refractivity contribution is -0.125. The number of amides is 2. The molecule has 1 aliphatic carbocycles. The van der Waals surface area contributed by atoms with Gasteiger partial charge in [-0.05, 0) is 55.9 Å². The van der Waals surface area contributed by atoms with Gasteiger partial charge in [-0.3, -0.25) is 9.59 Å². The summed E-state index contributed by atoms with van der Waals surface area (Å²) in [6.45, 7) is 1.86. The number of nitrogens with zero attached hydrogens (tertiary/aromatic N) is 1. The highest BCUT2D eigenvalue weighted by molar-refractivity contribution is 6.12. The predicted molar refractivity (Wildman–Crippen MR) is 115 cm³/mol. The molecule has 0 aromatic heterocycles. The van der Waals surface area contributed by atoms with Gasteiger partial charge in [0.15, 0.2) is 6.61 Å². The second-order valence-corrected chi connectivity index (χ2v) is 7.85. The average Bonchev–Trinajstić information content (AvgIpc) is 2.78. The lowest BCUT2D eigenvalue weighted by Crippen LogP contribution is -2.39. The molecule has 2 aromatic rings. The van der Waals surface area contributed by atoms with Gasteiger partial charge in [0.1, 0.15) is 0 Å². The van der Waals surface area contributed by atoms with E-state index in [1.807, 2.05) is 30.3 Å². The fourth-order valence-corrected chi connectivity index (χ4v) is 3.68. The van der Waals surface area contributed by atoms with Crippen molar-refractivity contribution >= 4 is 23.5 Å². The van der Waals surface area contributed by atoms with Crippen LogP contribution in [-0.4, -0.2) is 37.5 Å². The topological polar surface area (TPSA) is 75.7 Å². The van der Waals surface area contributed by atoms with Crippen LogP contribution in [0.2, 0.25) is 0 Å². The zero-order valence-electron chi connectivity index (χ0n) is 17.5. The van der Waals surface area contributed by atoms with E-state index in [-0.39, 0.29) is 35.6 Å². The van der Waals surface area contributed by atoms with E-state index in [4.69, 9.17) is 4.74 Å². The van der Waals surface area contributed by atoms with Crippen LogP contribution in [0.5, 0.6) is 0 Å². The minimum absolute atomic E-state index is 0.140. The summed E-state index contributed by atoms with van der Waals surface area (Å²) in [4.78, 5) is 39.2. The molecule has 158 valence electrons. The minimum Gasteiger partial charge on any atom is -0.452 e. The summed E-state index contributed by atoms with van der Waals surface area (Å²) in [5, 5.41) is 2.93. The third-order valence-electron chi connectivity index (χ3n) is 5.54. The van der Waals surface area contributed by atoms with Crippen molar-refractivity contribution in [2.45, 2.75) is 38.6 Å². The molecule has 2 amide bonds. The van der Waals surface area contributed by atoms with Crippen molar-refractivity contribution in [1.29, 1.82) is 0 Å². The lowest BCUT2D eigenvalue weighted by Gasteiger charge is -2.26. The van der Waals surface area contributed by atoms with E-state index in [0.717, 1.165) is 25.7 Å². The summed E-state index contributed by atoms with van der Waals surface area (Å²) < 4.78 is 5.21. The molecule has 0 atom stereocenters. The largest absolute Gasteiger partial charge is 0.452 e. The van der Waals surface area contributed by atoms with Crippen LogP contribution in [-0.2, 0) is 9.53 Å². The molecular formula is C24H28N2O4. The second kappa shape index (κ2) is 10.1. The molecule has 2 aromatic carbocycles. The highest BCUT2D eigenvalue weighted by atomic mass is 16.5. The molecule has 0 spiro atoms. The summed E-state index contributed by atoms with van der Waals surface area (Å²) in [5.74, 6) is -0.630. The van der Waals surface area contributed by atoms with Gasteiger partial charge in [-0.25, -0.2) is 4.79 Å². The van der Waals surface area contributed by atoms with Crippen LogP contribution in [0, 0.1) is 5.92 Å². The van der Waals surface area contributed by atoms with Crippen LogP contribution < -0.4 is 10.2 Å². The van der Waals surface area contributed by atoms with Gasteiger partial charge in [-0.2, -0.15) is 0 Å². The van der Waals surface area contributed by atoms with Crippen LogP contribution in [0.15, 0.2) is 54.6 Å². The van der Waals surface area contributed by atoms with E-state index >= 15 is 0 Å².